The maximum Gasteiger partial charge on any atom is 0.224 e. The third-order valence-electron chi connectivity index (χ3n) is 5.15. The van der Waals surface area contributed by atoms with E-state index >= 15 is 0 Å². The summed E-state index contributed by atoms with van der Waals surface area (Å²) in [5.74, 6) is 0.649. The summed E-state index contributed by atoms with van der Waals surface area (Å²) in [7, 11) is 1.62. The van der Waals surface area contributed by atoms with Crippen molar-refractivity contribution in [3.05, 3.63) is 47.3 Å². The standard InChI is InChI=1S/C21H28N4O3/c1-15-12-16(2)25(23-15)11-10-22-21(27)18-8-9-20(26)24(14-18)13-17-6-4-5-7-19(17)28-3/h4-7,12,18H,8-11,13-14H2,1-3H3,(H,22,27)/t18-/m0/s1. The lowest BCUT2D eigenvalue weighted by atomic mass is 9.96. The van der Waals surface area contributed by atoms with Gasteiger partial charge < -0.3 is 15.0 Å². The highest BCUT2D eigenvalue weighted by molar-refractivity contribution is 5.83. The number of para-hydroxylation sites is 1. The molecule has 1 atom stereocenters. The van der Waals surface area contributed by atoms with E-state index in [2.05, 4.69) is 10.4 Å². The van der Waals surface area contributed by atoms with Crippen LogP contribution >= 0.6 is 0 Å². The summed E-state index contributed by atoms with van der Waals surface area (Å²) in [6.07, 6.45) is 0.984. The normalized spacial score (nSPS) is 16.9. The van der Waals surface area contributed by atoms with Crippen molar-refractivity contribution in [2.45, 2.75) is 39.8 Å². The Hall–Kier alpha value is -2.83. The number of benzene rings is 1. The molecule has 2 aromatic rings. The van der Waals surface area contributed by atoms with E-state index in [0.29, 0.717) is 39.0 Å². The molecule has 0 aliphatic carbocycles. The molecule has 1 aromatic heterocycles. The lowest BCUT2D eigenvalue weighted by molar-refractivity contribution is -0.138. The van der Waals surface area contributed by atoms with E-state index in [4.69, 9.17) is 4.74 Å². The molecule has 1 N–H and O–H groups in total. The minimum Gasteiger partial charge on any atom is -0.496 e. The third kappa shape index (κ3) is 4.71. The van der Waals surface area contributed by atoms with Gasteiger partial charge in [-0.05, 0) is 32.4 Å². The highest BCUT2D eigenvalue weighted by Crippen LogP contribution is 2.24. The molecule has 0 radical (unpaired) electrons. The van der Waals surface area contributed by atoms with Gasteiger partial charge in [0.25, 0.3) is 0 Å². The van der Waals surface area contributed by atoms with E-state index < -0.39 is 0 Å². The van der Waals surface area contributed by atoms with Crippen LogP contribution in [0.2, 0.25) is 0 Å². The number of nitrogens with zero attached hydrogens (tertiary/aromatic N) is 3. The summed E-state index contributed by atoms with van der Waals surface area (Å²) in [4.78, 5) is 26.7. The van der Waals surface area contributed by atoms with Crippen molar-refractivity contribution in [2.75, 3.05) is 20.2 Å². The Morgan fingerprint density at radius 2 is 2.11 bits per heavy atom. The van der Waals surface area contributed by atoms with Crippen LogP contribution in [0.1, 0.15) is 29.8 Å². The van der Waals surface area contributed by atoms with Crippen molar-refractivity contribution >= 4 is 11.8 Å². The summed E-state index contributed by atoms with van der Waals surface area (Å²) in [5, 5.41) is 7.40. The molecule has 0 saturated carbocycles. The molecule has 28 heavy (non-hydrogen) atoms. The summed E-state index contributed by atoms with van der Waals surface area (Å²) >= 11 is 0. The van der Waals surface area contributed by atoms with Gasteiger partial charge in [0.15, 0.2) is 0 Å². The van der Waals surface area contributed by atoms with Crippen LogP contribution in [0.15, 0.2) is 30.3 Å². The van der Waals surface area contributed by atoms with E-state index in [-0.39, 0.29) is 17.7 Å². The maximum atomic E-state index is 12.6. The Morgan fingerprint density at radius 1 is 1.32 bits per heavy atom. The SMILES string of the molecule is COc1ccccc1CN1C[C@@H](C(=O)NCCn2nc(C)cc2C)CCC1=O. The molecule has 7 heteroatoms. The number of carbonyl (C=O) groups excluding carboxylic acids is 2. The van der Waals surface area contributed by atoms with Crippen molar-refractivity contribution in [2.24, 2.45) is 5.92 Å². The maximum absolute atomic E-state index is 12.6. The minimum atomic E-state index is -0.187. The molecule has 150 valence electrons. The molecule has 2 heterocycles. The number of aromatic nitrogens is 2. The molecular formula is C21H28N4O3. The monoisotopic (exact) mass is 384 g/mol. The van der Waals surface area contributed by atoms with Crippen molar-refractivity contribution in [1.29, 1.82) is 0 Å². The van der Waals surface area contributed by atoms with Crippen LogP contribution < -0.4 is 10.1 Å². The number of amides is 2. The van der Waals surface area contributed by atoms with Gasteiger partial charge in [0.2, 0.25) is 11.8 Å². The fraction of sp³-hybridized carbons (Fsp3) is 0.476. The van der Waals surface area contributed by atoms with E-state index in [9.17, 15) is 9.59 Å². The molecule has 1 fully saturated rings. The molecule has 7 nitrogen and oxygen atoms in total. The van der Waals surface area contributed by atoms with Crippen LogP contribution in [-0.2, 0) is 22.7 Å². The van der Waals surface area contributed by atoms with Gasteiger partial charge >= 0.3 is 0 Å². The van der Waals surface area contributed by atoms with Gasteiger partial charge in [0.1, 0.15) is 5.75 Å². The molecule has 1 saturated heterocycles. The Bertz CT molecular complexity index is 846. The van der Waals surface area contributed by atoms with Crippen LogP contribution in [-0.4, -0.2) is 46.7 Å². The molecule has 0 spiro atoms. The number of hydrogen-bond acceptors (Lipinski definition) is 4. The first kappa shape index (κ1) is 19.9. The molecule has 0 bridgehead atoms. The molecule has 3 rings (SSSR count). The lowest BCUT2D eigenvalue weighted by Crippen LogP contribution is -2.45. The first-order valence-electron chi connectivity index (χ1n) is 9.66. The Morgan fingerprint density at radius 3 is 2.82 bits per heavy atom. The number of nitrogens with one attached hydrogen (secondary N) is 1. The molecule has 1 aliphatic rings. The average molecular weight is 384 g/mol. The van der Waals surface area contributed by atoms with Crippen molar-refractivity contribution < 1.29 is 14.3 Å². The Kier molecular flexibility index (Phi) is 6.34. The van der Waals surface area contributed by atoms with E-state index in [1.807, 2.05) is 48.9 Å². The molecule has 1 aromatic carbocycles. The van der Waals surface area contributed by atoms with Crippen LogP contribution in [0.4, 0.5) is 0 Å². The van der Waals surface area contributed by atoms with Gasteiger partial charge in [0, 0.05) is 37.3 Å². The zero-order valence-corrected chi connectivity index (χ0v) is 16.8. The van der Waals surface area contributed by atoms with Crippen molar-refractivity contribution in [3.8, 4) is 5.75 Å². The van der Waals surface area contributed by atoms with Gasteiger partial charge in [-0.15, -0.1) is 0 Å². The number of hydrogen-bond donors (Lipinski definition) is 1. The number of methoxy groups -OCH3 is 1. The van der Waals surface area contributed by atoms with E-state index in [0.717, 1.165) is 22.7 Å². The fourth-order valence-electron chi connectivity index (χ4n) is 3.65. The molecule has 2 amide bonds. The molecule has 0 unspecified atom stereocenters. The van der Waals surface area contributed by atoms with Gasteiger partial charge in [0.05, 0.1) is 25.3 Å². The molecular weight excluding hydrogens is 356 g/mol. The van der Waals surface area contributed by atoms with E-state index in [1.165, 1.54) is 0 Å². The van der Waals surface area contributed by atoms with Gasteiger partial charge in [-0.2, -0.15) is 5.10 Å². The summed E-state index contributed by atoms with van der Waals surface area (Å²) < 4.78 is 7.27. The van der Waals surface area contributed by atoms with Crippen molar-refractivity contribution in [1.82, 2.24) is 20.0 Å². The first-order valence-corrected chi connectivity index (χ1v) is 9.66. The predicted molar refractivity (Wildman–Crippen MR) is 106 cm³/mol. The second kappa shape index (κ2) is 8.91. The van der Waals surface area contributed by atoms with Crippen molar-refractivity contribution in [3.63, 3.8) is 0 Å². The largest absolute Gasteiger partial charge is 0.496 e. The average Bonchev–Trinajstić information content (AvgIpc) is 3.01. The number of carbonyl (C=O) groups is 2. The lowest BCUT2D eigenvalue weighted by Gasteiger charge is -2.32. The third-order valence-corrected chi connectivity index (χ3v) is 5.15. The highest BCUT2D eigenvalue weighted by atomic mass is 16.5. The van der Waals surface area contributed by atoms with Crippen LogP contribution in [0.3, 0.4) is 0 Å². The summed E-state index contributed by atoms with van der Waals surface area (Å²) in [5.41, 5.74) is 3.00. The topological polar surface area (TPSA) is 76.5 Å². The summed E-state index contributed by atoms with van der Waals surface area (Å²) in [6, 6.07) is 9.68. The first-order chi connectivity index (χ1) is 13.5. The number of likely N-dealkylation sites (tertiary alicyclic amines) is 1. The zero-order chi connectivity index (χ0) is 20.1. The predicted octanol–water partition coefficient (Wildman–Crippen LogP) is 2.06. The smallest absolute Gasteiger partial charge is 0.224 e. The number of rotatable bonds is 7. The fourth-order valence-corrected chi connectivity index (χ4v) is 3.65. The Labute approximate surface area is 165 Å². The van der Waals surface area contributed by atoms with E-state index in [1.54, 1.807) is 12.0 Å². The summed E-state index contributed by atoms with van der Waals surface area (Å²) in [6.45, 7) is 6.02. The van der Waals surface area contributed by atoms with Crippen LogP contribution in [0.25, 0.3) is 0 Å². The van der Waals surface area contributed by atoms with Gasteiger partial charge in [-0.25, -0.2) is 0 Å². The quantitative estimate of drug-likeness (QED) is 0.793. The highest BCUT2D eigenvalue weighted by Gasteiger charge is 2.30. The van der Waals surface area contributed by atoms with Gasteiger partial charge in [-0.3, -0.25) is 14.3 Å². The minimum absolute atomic E-state index is 0.000872. The molecule has 1 aliphatic heterocycles. The number of ether oxygens (including phenoxy) is 1. The number of piperidine rings is 1. The number of aryl methyl sites for hydroxylation is 2. The van der Waals surface area contributed by atoms with Crippen LogP contribution in [0, 0.1) is 19.8 Å². The zero-order valence-electron chi connectivity index (χ0n) is 16.8. The van der Waals surface area contributed by atoms with Gasteiger partial charge in [-0.1, -0.05) is 18.2 Å². The second-order valence-electron chi connectivity index (χ2n) is 7.26. The van der Waals surface area contributed by atoms with Crippen LogP contribution in [0.5, 0.6) is 5.75 Å². The Balaban J connectivity index is 1.55. The second-order valence-corrected chi connectivity index (χ2v) is 7.26.